The summed E-state index contributed by atoms with van der Waals surface area (Å²) in [5.41, 5.74) is 6.27. The van der Waals surface area contributed by atoms with E-state index in [1.807, 2.05) is 0 Å². The Hall–Kier alpha value is -0.680. The van der Waals surface area contributed by atoms with Gasteiger partial charge in [-0.1, -0.05) is 11.6 Å². The maximum Gasteiger partial charge on any atom is 0.128 e. The van der Waals surface area contributed by atoms with Gasteiger partial charge in [0.2, 0.25) is 0 Å². The fraction of sp³-hybridized carbons (Fsp3) is 0.571. The monoisotopic (exact) mass is 286 g/mol. The first-order valence-corrected chi connectivity index (χ1v) is 6.83. The number of morpholine rings is 1. The van der Waals surface area contributed by atoms with Gasteiger partial charge < -0.3 is 10.5 Å². The van der Waals surface area contributed by atoms with Crippen molar-refractivity contribution in [3.63, 3.8) is 0 Å². The van der Waals surface area contributed by atoms with Gasteiger partial charge >= 0.3 is 0 Å². The third-order valence-electron chi connectivity index (χ3n) is 3.63. The Labute approximate surface area is 118 Å². The van der Waals surface area contributed by atoms with Crippen molar-refractivity contribution in [3.05, 3.63) is 34.6 Å². The van der Waals surface area contributed by atoms with Gasteiger partial charge in [0, 0.05) is 29.2 Å². The maximum atomic E-state index is 14.0. The first-order valence-electron chi connectivity index (χ1n) is 6.45. The zero-order chi connectivity index (χ0) is 14.0. The largest absolute Gasteiger partial charge is 0.378 e. The molecule has 2 N–H and O–H groups in total. The molecule has 0 aromatic heterocycles. The van der Waals surface area contributed by atoms with Gasteiger partial charge in [-0.05, 0) is 32.0 Å². The molecule has 1 saturated heterocycles. The summed E-state index contributed by atoms with van der Waals surface area (Å²) in [5.74, 6) is -0.262. The summed E-state index contributed by atoms with van der Waals surface area (Å²) in [6.45, 7) is 6.50. The summed E-state index contributed by atoms with van der Waals surface area (Å²) in [6.07, 6.45) is 0. The van der Waals surface area contributed by atoms with E-state index in [-0.39, 0.29) is 17.4 Å². The molecule has 1 atom stereocenters. The lowest BCUT2D eigenvalue weighted by Gasteiger charge is -2.46. The minimum absolute atomic E-state index is 0.170. The van der Waals surface area contributed by atoms with Crippen LogP contribution in [0.4, 0.5) is 4.39 Å². The average Bonchev–Trinajstić information content (AvgIpc) is 2.36. The zero-order valence-corrected chi connectivity index (χ0v) is 12.1. The molecule has 1 unspecified atom stereocenters. The molecule has 1 aliphatic heterocycles. The van der Waals surface area contributed by atoms with E-state index in [4.69, 9.17) is 22.1 Å². The Morgan fingerprint density at radius 3 is 2.89 bits per heavy atom. The molecule has 5 heteroatoms. The van der Waals surface area contributed by atoms with E-state index in [1.165, 1.54) is 6.07 Å². The summed E-state index contributed by atoms with van der Waals surface area (Å²) >= 11 is 5.98. The molecule has 1 aromatic carbocycles. The van der Waals surface area contributed by atoms with Gasteiger partial charge in [-0.15, -0.1) is 0 Å². The van der Waals surface area contributed by atoms with Crippen molar-refractivity contribution in [2.45, 2.75) is 25.4 Å². The SMILES string of the molecule is CC1(C)COCCN1C(CN)c1cc(Cl)ccc1F. The highest BCUT2D eigenvalue weighted by Crippen LogP contribution is 2.32. The van der Waals surface area contributed by atoms with Crippen LogP contribution in [0.1, 0.15) is 25.5 Å². The van der Waals surface area contributed by atoms with Crippen LogP contribution >= 0.6 is 11.6 Å². The van der Waals surface area contributed by atoms with Gasteiger partial charge in [0.1, 0.15) is 5.82 Å². The zero-order valence-electron chi connectivity index (χ0n) is 11.3. The topological polar surface area (TPSA) is 38.5 Å². The molecule has 0 radical (unpaired) electrons. The van der Waals surface area contributed by atoms with E-state index >= 15 is 0 Å². The van der Waals surface area contributed by atoms with E-state index in [2.05, 4.69) is 18.7 Å². The summed E-state index contributed by atoms with van der Waals surface area (Å²) in [7, 11) is 0. The molecule has 0 bridgehead atoms. The van der Waals surface area contributed by atoms with Crippen LogP contribution in [0.25, 0.3) is 0 Å². The lowest BCUT2D eigenvalue weighted by atomic mass is 9.95. The van der Waals surface area contributed by atoms with Gasteiger partial charge in [-0.25, -0.2) is 4.39 Å². The quantitative estimate of drug-likeness (QED) is 0.928. The summed E-state index contributed by atoms with van der Waals surface area (Å²) in [6, 6.07) is 4.43. The Bertz CT molecular complexity index is 453. The fourth-order valence-electron chi connectivity index (χ4n) is 2.64. The van der Waals surface area contributed by atoms with Crippen LogP contribution < -0.4 is 5.73 Å². The molecule has 1 aliphatic rings. The van der Waals surface area contributed by atoms with E-state index in [1.54, 1.807) is 12.1 Å². The molecule has 1 fully saturated rings. The number of nitrogens with zero attached hydrogens (tertiary/aromatic N) is 1. The molecule has 0 saturated carbocycles. The van der Waals surface area contributed by atoms with Gasteiger partial charge in [0.05, 0.1) is 19.3 Å². The number of ether oxygens (including phenoxy) is 1. The van der Waals surface area contributed by atoms with Gasteiger partial charge in [-0.2, -0.15) is 0 Å². The standard InChI is InChI=1S/C14H20ClFN2O/c1-14(2)9-19-6-5-18(14)13(8-17)11-7-10(15)3-4-12(11)16/h3-4,7,13H,5-6,8-9,17H2,1-2H3. The highest BCUT2D eigenvalue weighted by atomic mass is 35.5. The third-order valence-corrected chi connectivity index (χ3v) is 3.86. The highest BCUT2D eigenvalue weighted by Gasteiger charge is 2.36. The Kier molecular flexibility index (Phi) is 4.46. The summed E-state index contributed by atoms with van der Waals surface area (Å²) in [5, 5.41) is 0.529. The van der Waals surface area contributed by atoms with Crippen LogP contribution in [0, 0.1) is 5.82 Å². The fourth-order valence-corrected chi connectivity index (χ4v) is 2.82. The van der Waals surface area contributed by atoms with Crippen molar-refractivity contribution in [1.82, 2.24) is 4.90 Å². The lowest BCUT2D eigenvalue weighted by Crippen LogP contribution is -2.55. The lowest BCUT2D eigenvalue weighted by molar-refractivity contribution is -0.0717. The van der Waals surface area contributed by atoms with Gasteiger partial charge in [0.25, 0.3) is 0 Å². The van der Waals surface area contributed by atoms with E-state index in [0.29, 0.717) is 30.3 Å². The van der Waals surface area contributed by atoms with Crippen LogP contribution in [-0.2, 0) is 4.74 Å². The molecule has 1 aromatic rings. The second-order valence-electron chi connectivity index (χ2n) is 5.48. The Balaban J connectivity index is 2.35. The summed E-state index contributed by atoms with van der Waals surface area (Å²) < 4.78 is 19.5. The second-order valence-corrected chi connectivity index (χ2v) is 5.91. The Morgan fingerprint density at radius 1 is 1.53 bits per heavy atom. The number of halogens is 2. The van der Waals surface area contributed by atoms with Gasteiger partial charge in [-0.3, -0.25) is 4.90 Å². The smallest absolute Gasteiger partial charge is 0.128 e. The summed E-state index contributed by atoms with van der Waals surface area (Å²) in [4.78, 5) is 2.20. The minimum atomic E-state index is -0.262. The van der Waals surface area contributed by atoms with Crippen molar-refractivity contribution >= 4 is 11.6 Å². The molecule has 0 aliphatic carbocycles. The first-order chi connectivity index (χ1) is 8.95. The van der Waals surface area contributed by atoms with Crippen molar-refractivity contribution in [2.24, 2.45) is 5.73 Å². The third kappa shape index (κ3) is 3.08. The van der Waals surface area contributed by atoms with E-state index < -0.39 is 0 Å². The maximum absolute atomic E-state index is 14.0. The van der Waals surface area contributed by atoms with Crippen molar-refractivity contribution < 1.29 is 9.13 Å². The average molecular weight is 287 g/mol. The highest BCUT2D eigenvalue weighted by molar-refractivity contribution is 6.30. The molecular formula is C14H20ClFN2O. The van der Waals surface area contributed by atoms with Crippen LogP contribution in [0.5, 0.6) is 0 Å². The molecule has 1 heterocycles. The number of hydrogen-bond donors (Lipinski definition) is 1. The Morgan fingerprint density at radius 2 is 2.26 bits per heavy atom. The predicted molar refractivity (Wildman–Crippen MR) is 74.8 cm³/mol. The van der Waals surface area contributed by atoms with Crippen LogP contribution in [-0.4, -0.2) is 36.7 Å². The number of benzene rings is 1. The molecule has 19 heavy (non-hydrogen) atoms. The molecule has 3 nitrogen and oxygen atoms in total. The van der Waals surface area contributed by atoms with Crippen molar-refractivity contribution in [3.8, 4) is 0 Å². The van der Waals surface area contributed by atoms with E-state index in [0.717, 1.165) is 6.54 Å². The molecular weight excluding hydrogens is 267 g/mol. The van der Waals surface area contributed by atoms with Crippen LogP contribution in [0.2, 0.25) is 5.02 Å². The molecule has 2 rings (SSSR count). The normalized spacial score (nSPS) is 21.3. The van der Waals surface area contributed by atoms with Crippen molar-refractivity contribution in [2.75, 3.05) is 26.3 Å². The number of rotatable bonds is 3. The predicted octanol–water partition coefficient (Wildman–Crippen LogP) is 2.59. The minimum Gasteiger partial charge on any atom is -0.378 e. The van der Waals surface area contributed by atoms with Crippen LogP contribution in [0.15, 0.2) is 18.2 Å². The van der Waals surface area contributed by atoms with Crippen LogP contribution in [0.3, 0.4) is 0 Å². The first kappa shape index (κ1) is 14.7. The molecule has 106 valence electrons. The number of nitrogens with two attached hydrogens (primary N) is 1. The molecule has 0 spiro atoms. The van der Waals surface area contributed by atoms with E-state index in [9.17, 15) is 4.39 Å². The number of hydrogen-bond acceptors (Lipinski definition) is 3. The van der Waals surface area contributed by atoms with Crippen molar-refractivity contribution in [1.29, 1.82) is 0 Å². The second kappa shape index (κ2) is 5.75. The molecule has 0 amide bonds. The van der Waals surface area contributed by atoms with Gasteiger partial charge in [0.15, 0.2) is 0 Å².